The Hall–Kier alpha value is -5.19. The highest BCUT2D eigenvalue weighted by atomic mass is 32.3. The quantitative estimate of drug-likeness (QED) is 0.0893. The van der Waals surface area contributed by atoms with Gasteiger partial charge in [-0.05, 0) is 108 Å². The number of rotatable bonds is 14. The van der Waals surface area contributed by atoms with Gasteiger partial charge in [0.25, 0.3) is 0 Å². The maximum atomic E-state index is 14.0. The van der Waals surface area contributed by atoms with Gasteiger partial charge in [0.15, 0.2) is 5.43 Å². The SMILES string of the molecule is CN(C)CCNc1nc(NCCN(C)C)nc(Nc2ccc(Nc3ccc(S(N)(=O)(O)c4ccc5[nH]c6c(c(=O)c5c4)=CCCC=6)cc3)cc2)n1. The molecule has 2 heterocycles. The minimum Gasteiger partial charge on any atom is -0.356 e. The molecule has 3 aromatic carbocycles. The van der Waals surface area contributed by atoms with Crippen LogP contribution in [0.1, 0.15) is 12.8 Å². The number of nitrogens with one attached hydrogen (secondary N) is 5. The molecule has 0 bridgehead atoms. The third kappa shape index (κ3) is 8.41. The van der Waals surface area contributed by atoms with Crippen molar-refractivity contribution in [2.45, 2.75) is 22.6 Å². The molecule has 0 fully saturated rings. The van der Waals surface area contributed by atoms with Gasteiger partial charge in [-0.2, -0.15) is 19.2 Å². The number of benzene rings is 3. The van der Waals surface area contributed by atoms with Crippen molar-refractivity contribution < 1.29 is 8.76 Å². The van der Waals surface area contributed by atoms with Crippen molar-refractivity contribution >= 4 is 67.5 Å². The summed E-state index contributed by atoms with van der Waals surface area (Å²) in [5, 5.41) is 21.0. The maximum absolute atomic E-state index is 14.0. The number of hydrogen-bond donors (Lipinski definition) is 7. The molecule has 0 amide bonds. The lowest BCUT2D eigenvalue weighted by Crippen LogP contribution is -2.44. The smallest absolute Gasteiger partial charge is 0.233 e. The Morgan fingerprint density at radius 2 is 1.25 bits per heavy atom. The van der Waals surface area contributed by atoms with E-state index in [2.05, 4.69) is 51.0 Å². The molecule has 0 saturated heterocycles. The molecule has 0 aliphatic heterocycles. The van der Waals surface area contributed by atoms with Crippen LogP contribution >= 0.6 is 0 Å². The minimum absolute atomic E-state index is 0.0281. The first-order valence-electron chi connectivity index (χ1n) is 16.7. The van der Waals surface area contributed by atoms with E-state index in [4.69, 9.17) is 5.14 Å². The average molecular weight is 712 g/mol. The summed E-state index contributed by atoms with van der Waals surface area (Å²) >= 11 is 0. The third-order valence-electron chi connectivity index (χ3n) is 8.42. The zero-order valence-electron chi connectivity index (χ0n) is 29.2. The fraction of sp³-hybridized carbons (Fsp3) is 0.278. The zero-order valence-corrected chi connectivity index (χ0v) is 30.1. The fourth-order valence-electron chi connectivity index (χ4n) is 5.61. The summed E-state index contributed by atoms with van der Waals surface area (Å²) in [7, 11) is 3.02. The van der Waals surface area contributed by atoms with Crippen LogP contribution in [-0.2, 0) is 9.53 Å². The normalized spacial score (nSPS) is 13.5. The van der Waals surface area contributed by atoms with E-state index >= 15 is 0 Å². The highest BCUT2D eigenvalue weighted by molar-refractivity contribution is 8.13. The van der Waals surface area contributed by atoms with Gasteiger partial charge in [0.1, 0.15) is 0 Å². The summed E-state index contributed by atoms with van der Waals surface area (Å²) in [5.41, 5.74) is 2.65. The predicted molar refractivity (Wildman–Crippen MR) is 207 cm³/mol. The van der Waals surface area contributed by atoms with Crippen molar-refractivity contribution in [3.8, 4) is 0 Å². The number of hydrogen-bond acceptors (Lipinski definition) is 11. The van der Waals surface area contributed by atoms with E-state index in [1.165, 1.54) is 24.3 Å². The summed E-state index contributed by atoms with van der Waals surface area (Å²) in [6.45, 7) is 3.01. The number of anilines is 6. The Labute approximate surface area is 296 Å². The monoisotopic (exact) mass is 711 g/mol. The molecule has 0 radical (unpaired) electrons. The lowest BCUT2D eigenvalue weighted by molar-refractivity contribution is 0.424. The molecule has 0 saturated carbocycles. The first kappa shape index (κ1) is 35.6. The molecule has 2 aromatic heterocycles. The molecular formula is C36H45N11O3S. The summed E-state index contributed by atoms with van der Waals surface area (Å²) in [6, 6.07) is 18.5. The summed E-state index contributed by atoms with van der Waals surface area (Å²) in [5.74, 6) is 1.35. The van der Waals surface area contributed by atoms with E-state index in [1.54, 1.807) is 18.2 Å². The van der Waals surface area contributed by atoms with Crippen LogP contribution in [0.25, 0.3) is 23.1 Å². The Kier molecular flexibility index (Phi) is 10.2. The first-order valence-corrected chi connectivity index (χ1v) is 18.7. The topological polar surface area (TPSA) is 189 Å². The molecule has 268 valence electrons. The summed E-state index contributed by atoms with van der Waals surface area (Å²) in [6.07, 6.45) is 5.51. The molecule has 14 nitrogen and oxygen atoms in total. The summed E-state index contributed by atoms with van der Waals surface area (Å²) in [4.78, 5) is 34.3. The van der Waals surface area contributed by atoms with Gasteiger partial charge >= 0.3 is 0 Å². The van der Waals surface area contributed by atoms with E-state index in [1.807, 2.05) is 64.6 Å². The molecule has 8 N–H and O–H groups in total. The van der Waals surface area contributed by atoms with Crippen LogP contribution in [0, 0.1) is 0 Å². The maximum Gasteiger partial charge on any atom is 0.233 e. The Bertz CT molecular complexity index is 2250. The van der Waals surface area contributed by atoms with E-state index < -0.39 is 9.53 Å². The van der Waals surface area contributed by atoms with Crippen molar-refractivity contribution in [1.82, 2.24) is 29.7 Å². The lowest BCUT2D eigenvalue weighted by Gasteiger charge is -2.39. The Balaban J connectivity index is 1.15. The van der Waals surface area contributed by atoms with E-state index in [-0.39, 0.29) is 15.2 Å². The minimum atomic E-state index is -5.00. The summed E-state index contributed by atoms with van der Waals surface area (Å²) < 4.78 is 25.5. The van der Waals surface area contributed by atoms with Crippen molar-refractivity contribution in [3.05, 3.63) is 87.5 Å². The number of nitrogens with zero attached hydrogens (tertiary/aromatic N) is 5. The second-order valence-corrected chi connectivity index (χ2v) is 15.9. The van der Waals surface area contributed by atoms with Crippen LogP contribution < -0.4 is 42.4 Å². The number of fused-ring (bicyclic) bond motifs is 2. The average Bonchev–Trinajstić information content (AvgIpc) is 3.09. The number of aromatic nitrogens is 4. The van der Waals surface area contributed by atoms with E-state index in [0.29, 0.717) is 52.7 Å². The molecule has 0 unspecified atom stereocenters. The number of pyridine rings is 1. The van der Waals surface area contributed by atoms with Crippen LogP contribution in [0.4, 0.5) is 34.9 Å². The lowest BCUT2D eigenvalue weighted by atomic mass is 10.1. The molecule has 51 heavy (non-hydrogen) atoms. The number of aromatic amines is 1. The standard InChI is InChI=1S/C36H45N11O3S/c1-46(2)21-19-38-34-43-35(39-20-22-47(3)4)45-36(44-34)41-26-11-9-24(10-12-26)40-25-13-15-27(16-14-25)51(37,49,50)28-17-18-32-30(23-28)33(48)29-7-5-6-8-31(29)42-32/h7-18,23,40,42H,5-6,19-22H2,1-4H3,(H3,37,49,50)(H3,38,39,41,43,44,45). The third-order valence-corrected chi connectivity index (χ3v) is 10.8. The number of likely N-dealkylation sites (N-methyl/N-ethyl adjacent to an activating group) is 2. The Morgan fingerprint density at radius 1 is 0.745 bits per heavy atom. The number of H-pyrrole nitrogens is 1. The van der Waals surface area contributed by atoms with Gasteiger partial charge in [0.2, 0.25) is 17.8 Å². The van der Waals surface area contributed by atoms with Gasteiger partial charge in [0, 0.05) is 64.7 Å². The largest absolute Gasteiger partial charge is 0.356 e. The molecule has 1 aliphatic rings. The predicted octanol–water partition coefficient (Wildman–Crippen LogP) is 3.09. The van der Waals surface area contributed by atoms with Crippen LogP contribution in [0.15, 0.2) is 81.3 Å². The highest BCUT2D eigenvalue weighted by Gasteiger charge is 2.28. The highest BCUT2D eigenvalue weighted by Crippen LogP contribution is 2.36. The van der Waals surface area contributed by atoms with Crippen molar-refractivity contribution in [2.75, 3.05) is 75.6 Å². The molecular weight excluding hydrogens is 667 g/mol. The van der Waals surface area contributed by atoms with Gasteiger partial charge in [-0.25, -0.2) is 5.14 Å². The van der Waals surface area contributed by atoms with Crippen molar-refractivity contribution in [1.29, 1.82) is 0 Å². The van der Waals surface area contributed by atoms with Gasteiger partial charge < -0.3 is 36.1 Å². The molecule has 5 aromatic rings. The van der Waals surface area contributed by atoms with Crippen LogP contribution in [0.2, 0.25) is 0 Å². The zero-order chi connectivity index (χ0) is 36.2. The van der Waals surface area contributed by atoms with Crippen molar-refractivity contribution in [3.63, 3.8) is 0 Å². The molecule has 15 heteroatoms. The first-order chi connectivity index (χ1) is 24.3. The second-order valence-electron chi connectivity index (χ2n) is 13.1. The van der Waals surface area contributed by atoms with Gasteiger partial charge in [-0.15, -0.1) is 0 Å². The Morgan fingerprint density at radius 3 is 1.84 bits per heavy atom. The van der Waals surface area contributed by atoms with E-state index in [0.717, 1.165) is 42.7 Å². The van der Waals surface area contributed by atoms with E-state index in [9.17, 15) is 13.6 Å². The second kappa shape index (κ2) is 14.6. The molecule has 0 spiro atoms. The van der Waals surface area contributed by atoms with Crippen molar-refractivity contribution in [2.24, 2.45) is 5.14 Å². The van der Waals surface area contributed by atoms with Gasteiger partial charge in [-0.3, -0.25) is 9.35 Å². The molecule has 6 rings (SSSR count). The molecule has 1 aliphatic carbocycles. The van der Waals surface area contributed by atoms with Crippen LogP contribution in [-0.4, -0.2) is 92.9 Å². The van der Waals surface area contributed by atoms with Gasteiger partial charge in [-0.1, -0.05) is 21.7 Å². The van der Waals surface area contributed by atoms with Crippen LogP contribution in [0.3, 0.4) is 0 Å². The fourth-order valence-corrected chi connectivity index (χ4v) is 7.22. The van der Waals surface area contributed by atoms with Crippen LogP contribution in [0.5, 0.6) is 0 Å². The molecule has 0 atom stereocenters. The van der Waals surface area contributed by atoms with Gasteiger partial charge in [0.05, 0.1) is 9.79 Å². The number of nitrogens with two attached hydrogens (primary N) is 1.